The molecular weight excluding hydrogens is 302 g/mol. The molecule has 0 aliphatic rings. The van der Waals surface area contributed by atoms with Crippen LogP contribution >= 0.6 is 23.1 Å². The molecule has 1 aromatic heterocycles. The van der Waals surface area contributed by atoms with E-state index < -0.39 is 0 Å². The molecule has 1 heterocycles. The number of methoxy groups -OCH3 is 1. The maximum absolute atomic E-state index is 11.5. The van der Waals surface area contributed by atoms with Crippen molar-refractivity contribution in [3.05, 3.63) is 51.9 Å². The van der Waals surface area contributed by atoms with Gasteiger partial charge in [-0.05, 0) is 23.6 Å². The molecule has 0 fully saturated rings. The second-order valence-electron chi connectivity index (χ2n) is 4.65. The van der Waals surface area contributed by atoms with Crippen LogP contribution in [0.3, 0.4) is 0 Å². The van der Waals surface area contributed by atoms with Gasteiger partial charge < -0.3 is 10.5 Å². The summed E-state index contributed by atoms with van der Waals surface area (Å²) in [5.74, 6) is 1.44. The van der Waals surface area contributed by atoms with Gasteiger partial charge in [0.15, 0.2) is 0 Å². The lowest BCUT2D eigenvalue weighted by Gasteiger charge is -2.02. The molecular formula is C16H19NO2S2. The smallest absolute Gasteiger partial charge is 0.340 e. The van der Waals surface area contributed by atoms with Crippen molar-refractivity contribution in [2.75, 3.05) is 12.8 Å². The molecule has 0 bridgehead atoms. The highest BCUT2D eigenvalue weighted by Gasteiger charge is 2.14. The molecule has 3 nitrogen and oxygen atoms in total. The molecule has 5 heteroatoms. The van der Waals surface area contributed by atoms with E-state index in [2.05, 4.69) is 31.2 Å². The van der Waals surface area contributed by atoms with Crippen molar-refractivity contribution >= 4 is 34.1 Å². The first-order valence-corrected chi connectivity index (χ1v) is 8.73. The summed E-state index contributed by atoms with van der Waals surface area (Å²) in [7, 11) is 1.37. The summed E-state index contributed by atoms with van der Waals surface area (Å²) in [5, 5.41) is 0.532. The number of benzene rings is 1. The lowest BCUT2D eigenvalue weighted by atomic mass is 10.1. The van der Waals surface area contributed by atoms with Crippen LogP contribution in [0.1, 0.15) is 33.3 Å². The molecule has 0 aliphatic carbocycles. The second kappa shape index (κ2) is 7.52. The number of thioether (sulfide) groups is 1. The molecule has 0 radical (unpaired) electrons. The molecule has 0 unspecified atom stereocenters. The van der Waals surface area contributed by atoms with E-state index in [1.54, 1.807) is 0 Å². The third-order valence-corrected chi connectivity index (χ3v) is 5.36. The molecule has 1 aromatic carbocycles. The Morgan fingerprint density at radius 1 is 1.24 bits per heavy atom. The summed E-state index contributed by atoms with van der Waals surface area (Å²) in [6.45, 7) is 2.16. The van der Waals surface area contributed by atoms with E-state index in [4.69, 9.17) is 10.5 Å². The van der Waals surface area contributed by atoms with E-state index in [9.17, 15) is 4.79 Å². The SMILES string of the molecule is CCc1ccc(CSCc2cc(C(=O)OC)c(N)s2)cc1. The third-order valence-electron chi connectivity index (χ3n) is 3.16. The van der Waals surface area contributed by atoms with E-state index in [1.165, 1.54) is 29.6 Å². The van der Waals surface area contributed by atoms with Crippen molar-refractivity contribution in [1.82, 2.24) is 0 Å². The quantitative estimate of drug-likeness (QED) is 0.813. The standard InChI is InChI=1S/C16H19NO2S2/c1-3-11-4-6-12(7-5-11)9-20-10-13-8-14(15(17)21-13)16(18)19-2/h4-8H,3,9-10,17H2,1-2H3. The van der Waals surface area contributed by atoms with E-state index in [0.29, 0.717) is 10.6 Å². The van der Waals surface area contributed by atoms with Crippen LogP contribution in [0.25, 0.3) is 0 Å². The average molecular weight is 321 g/mol. The van der Waals surface area contributed by atoms with Gasteiger partial charge in [-0.25, -0.2) is 4.79 Å². The van der Waals surface area contributed by atoms with Gasteiger partial charge in [0.05, 0.1) is 12.7 Å². The monoisotopic (exact) mass is 321 g/mol. The topological polar surface area (TPSA) is 52.3 Å². The van der Waals surface area contributed by atoms with E-state index >= 15 is 0 Å². The maximum atomic E-state index is 11.5. The van der Waals surface area contributed by atoms with Crippen LogP contribution in [0.5, 0.6) is 0 Å². The summed E-state index contributed by atoms with van der Waals surface area (Å²) in [5.41, 5.74) is 8.99. The van der Waals surface area contributed by atoms with Crippen LogP contribution < -0.4 is 5.73 Å². The van der Waals surface area contributed by atoms with Gasteiger partial charge in [0, 0.05) is 16.4 Å². The van der Waals surface area contributed by atoms with Crippen LogP contribution in [-0.2, 0) is 22.7 Å². The number of hydrogen-bond donors (Lipinski definition) is 1. The van der Waals surface area contributed by atoms with Crippen molar-refractivity contribution in [2.45, 2.75) is 24.9 Å². The predicted octanol–water partition coefficient (Wildman–Crippen LogP) is 4.11. The van der Waals surface area contributed by atoms with Crippen LogP contribution in [-0.4, -0.2) is 13.1 Å². The Kier molecular flexibility index (Phi) is 5.70. The van der Waals surface area contributed by atoms with Gasteiger partial charge in [-0.1, -0.05) is 31.2 Å². The van der Waals surface area contributed by atoms with E-state index in [-0.39, 0.29) is 5.97 Å². The summed E-state index contributed by atoms with van der Waals surface area (Å²) in [4.78, 5) is 12.6. The Bertz CT molecular complexity index is 605. The largest absolute Gasteiger partial charge is 0.465 e. The molecule has 2 rings (SSSR count). The molecule has 0 aliphatic heterocycles. The van der Waals surface area contributed by atoms with Gasteiger partial charge in [-0.2, -0.15) is 11.8 Å². The number of carbonyl (C=O) groups is 1. The van der Waals surface area contributed by atoms with Crippen LogP contribution in [0.15, 0.2) is 30.3 Å². The number of carbonyl (C=O) groups excluding carboxylic acids is 1. The van der Waals surface area contributed by atoms with Gasteiger partial charge in [-0.15, -0.1) is 11.3 Å². The highest BCUT2D eigenvalue weighted by atomic mass is 32.2. The molecule has 0 spiro atoms. The Labute approximate surface area is 133 Å². The highest BCUT2D eigenvalue weighted by Crippen LogP contribution is 2.29. The fourth-order valence-corrected chi connectivity index (χ4v) is 3.95. The average Bonchev–Trinajstić information content (AvgIpc) is 2.88. The Morgan fingerprint density at radius 2 is 1.90 bits per heavy atom. The summed E-state index contributed by atoms with van der Waals surface area (Å²) >= 11 is 3.27. The molecule has 21 heavy (non-hydrogen) atoms. The van der Waals surface area contributed by atoms with Crippen molar-refractivity contribution in [1.29, 1.82) is 0 Å². The van der Waals surface area contributed by atoms with Crippen molar-refractivity contribution < 1.29 is 9.53 Å². The van der Waals surface area contributed by atoms with Gasteiger partial charge in [0.25, 0.3) is 0 Å². The minimum absolute atomic E-state index is 0.366. The number of esters is 1. The molecule has 0 saturated carbocycles. The zero-order valence-electron chi connectivity index (χ0n) is 12.2. The van der Waals surface area contributed by atoms with Gasteiger partial charge >= 0.3 is 5.97 Å². The zero-order valence-corrected chi connectivity index (χ0v) is 13.9. The first kappa shape index (κ1) is 15.9. The molecule has 0 amide bonds. The van der Waals surface area contributed by atoms with Crippen LogP contribution in [0.2, 0.25) is 0 Å². The minimum Gasteiger partial charge on any atom is -0.465 e. The number of rotatable bonds is 6. The Hall–Kier alpha value is -1.46. The predicted molar refractivity (Wildman–Crippen MR) is 90.9 cm³/mol. The van der Waals surface area contributed by atoms with Crippen LogP contribution in [0.4, 0.5) is 5.00 Å². The lowest BCUT2D eigenvalue weighted by Crippen LogP contribution is -2.01. The zero-order chi connectivity index (χ0) is 15.2. The number of aryl methyl sites for hydroxylation is 1. The minimum atomic E-state index is -0.366. The first-order chi connectivity index (χ1) is 10.1. The molecule has 2 aromatic rings. The molecule has 0 saturated heterocycles. The van der Waals surface area contributed by atoms with Crippen molar-refractivity contribution in [2.24, 2.45) is 0 Å². The molecule has 0 atom stereocenters. The third kappa shape index (κ3) is 4.25. The molecule has 112 valence electrons. The van der Waals surface area contributed by atoms with Gasteiger partial charge in [-0.3, -0.25) is 0 Å². The summed E-state index contributed by atoms with van der Waals surface area (Å²) in [6, 6.07) is 10.5. The number of ether oxygens (including phenoxy) is 1. The number of hydrogen-bond acceptors (Lipinski definition) is 5. The highest BCUT2D eigenvalue weighted by molar-refractivity contribution is 7.97. The Balaban J connectivity index is 1.89. The number of nitrogen functional groups attached to an aromatic ring is 1. The molecule has 2 N–H and O–H groups in total. The van der Waals surface area contributed by atoms with Crippen molar-refractivity contribution in [3.63, 3.8) is 0 Å². The van der Waals surface area contributed by atoms with E-state index in [0.717, 1.165) is 22.8 Å². The maximum Gasteiger partial charge on any atom is 0.340 e. The van der Waals surface area contributed by atoms with Crippen molar-refractivity contribution in [3.8, 4) is 0 Å². The lowest BCUT2D eigenvalue weighted by molar-refractivity contribution is 0.0602. The fourth-order valence-electron chi connectivity index (χ4n) is 1.94. The number of nitrogens with two attached hydrogens (primary N) is 1. The fraction of sp³-hybridized carbons (Fsp3) is 0.312. The van der Waals surface area contributed by atoms with Crippen LogP contribution in [0, 0.1) is 0 Å². The van der Waals surface area contributed by atoms with Gasteiger partial charge in [0.1, 0.15) is 5.00 Å². The summed E-state index contributed by atoms with van der Waals surface area (Å²) in [6.07, 6.45) is 1.07. The van der Waals surface area contributed by atoms with Gasteiger partial charge in [0.2, 0.25) is 0 Å². The number of anilines is 1. The number of thiophene rings is 1. The normalized spacial score (nSPS) is 10.6. The Morgan fingerprint density at radius 3 is 2.52 bits per heavy atom. The van der Waals surface area contributed by atoms with E-state index in [1.807, 2.05) is 17.8 Å². The first-order valence-electron chi connectivity index (χ1n) is 6.76. The summed E-state index contributed by atoms with van der Waals surface area (Å²) < 4.78 is 4.71. The second-order valence-corrected chi connectivity index (χ2v) is 6.80.